The molecule has 2 heterocycles. The Labute approximate surface area is 122 Å². The Morgan fingerprint density at radius 1 is 1.40 bits per heavy atom. The van der Waals surface area contributed by atoms with Gasteiger partial charge in [-0.3, -0.25) is 4.79 Å². The molecule has 0 spiro atoms. The standard InChI is InChI=1S/C13H8ClFN2O2S/c14-13-17-8-3-2-7(11(19)12(8)20-13)10(18)6-1-4-9(15)16-5-6/h1,4-5,18H,2-3H2/b10-7-. The monoisotopic (exact) mass is 310 g/mol. The lowest BCUT2D eigenvalue weighted by Crippen LogP contribution is -2.14. The first kappa shape index (κ1) is 13.2. The number of pyridine rings is 1. The highest BCUT2D eigenvalue weighted by atomic mass is 35.5. The summed E-state index contributed by atoms with van der Waals surface area (Å²) in [5, 5.41) is 10.2. The van der Waals surface area contributed by atoms with Crippen molar-refractivity contribution < 1.29 is 14.3 Å². The van der Waals surface area contributed by atoms with Crippen molar-refractivity contribution in [2.75, 3.05) is 0 Å². The van der Waals surface area contributed by atoms with Crippen molar-refractivity contribution in [2.45, 2.75) is 12.8 Å². The summed E-state index contributed by atoms with van der Waals surface area (Å²) >= 11 is 6.90. The van der Waals surface area contributed by atoms with Gasteiger partial charge < -0.3 is 5.11 Å². The maximum Gasteiger partial charge on any atom is 0.212 e. The van der Waals surface area contributed by atoms with E-state index in [4.69, 9.17) is 11.6 Å². The minimum Gasteiger partial charge on any atom is -0.507 e. The summed E-state index contributed by atoms with van der Waals surface area (Å²) in [7, 11) is 0. The fourth-order valence-electron chi connectivity index (χ4n) is 2.08. The summed E-state index contributed by atoms with van der Waals surface area (Å²) in [5.41, 5.74) is 1.26. The van der Waals surface area contributed by atoms with E-state index in [1.54, 1.807) is 0 Å². The summed E-state index contributed by atoms with van der Waals surface area (Å²) in [4.78, 5) is 20.3. The van der Waals surface area contributed by atoms with Crippen molar-refractivity contribution >= 4 is 34.5 Å². The van der Waals surface area contributed by atoms with Gasteiger partial charge >= 0.3 is 0 Å². The van der Waals surface area contributed by atoms with Gasteiger partial charge in [0.2, 0.25) is 11.7 Å². The van der Waals surface area contributed by atoms with Crippen LogP contribution in [0.2, 0.25) is 4.47 Å². The van der Waals surface area contributed by atoms with Crippen molar-refractivity contribution in [2.24, 2.45) is 0 Å². The number of fused-ring (bicyclic) bond motifs is 1. The Morgan fingerprint density at radius 2 is 2.20 bits per heavy atom. The molecule has 3 rings (SSSR count). The lowest BCUT2D eigenvalue weighted by molar-refractivity contribution is 0.102. The van der Waals surface area contributed by atoms with E-state index < -0.39 is 5.95 Å². The molecule has 0 bridgehead atoms. The Morgan fingerprint density at radius 3 is 2.90 bits per heavy atom. The van der Waals surface area contributed by atoms with Crippen LogP contribution in [0.3, 0.4) is 0 Å². The smallest absolute Gasteiger partial charge is 0.212 e. The van der Waals surface area contributed by atoms with E-state index in [1.165, 1.54) is 12.3 Å². The number of aliphatic hydroxyl groups is 1. The average molecular weight is 311 g/mol. The van der Waals surface area contributed by atoms with Gasteiger partial charge in [-0.2, -0.15) is 4.39 Å². The Balaban J connectivity index is 2.04. The second-order valence-electron chi connectivity index (χ2n) is 4.27. The molecule has 0 aromatic carbocycles. The maximum atomic E-state index is 12.8. The molecule has 0 saturated heterocycles. The fraction of sp³-hybridized carbons (Fsp3) is 0.154. The molecule has 0 radical (unpaired) electrons. The molecule has 4 nitrogen and oxygen atoms in total. The maximum absolute atomic E-state index is 12.8. The van der Waals surface area contributed by atoms with Crippen molar-refractivity contribution in [1.29, 1.82) is 0 Å². The Hall–Kier alpha value is -1.79. The van der Waals surface area contributed by atoms with Crippen LogP contribution >= 0.6 is 22.9 Å². The number of ketones is 1. The fourth-order valence-corrected chi connectivity index (χ4v) is 3.22. The third kappa shape index (κ3) is 2.21. The number of carbonyl (C=O) groups is 1. The number of hydrogen-bond donors (Lipinski definition) is 1. The topological polar surface area (TPSA) is 63.1 Å². The van der Waals surface area contributed by atoms with Crippen LogP contribution in [0.15, 0.2) is 23.9 Å². The molecule has 0 aliphatic heterocycles. The minimum absolute atomic E-state index is 0.169. The Kier molecular flexibility index (Phi) is 3.27. The van der Waals surface area contributed by atoms with Crippen LogP contribution < -0.4 is 0 Å². The van der Waals surface area contributed by atoms with E-state index >= 15 is 0 Å². The van der Waals surface area contributed by atoms with Crippen LogP contribution in [-0.4, -0.2) is 20.9 Å². The molecule has 0 atom stereocenters. The predicted molar refractivity (Wildman–Crippen MR) is 73.5 cm³/mol. The lowest BCUT2D eigenvalue weighted by Gasteiger charge is -2.14. The molecule has 2 aromatic rings. The SMILES string of the molecule is O=C1/C(=C(\O)c2ccc(F)nc2)CCc2nc(Cl)sc21. The second kappa shape index (κ2) is 4.96. The van der Waals surface area contributed by atoms with E-state index in [0.29, 0.717) is 33.4 Å². The van der Waals surface area contributed by atoms with Gasteiger partial charge in [-0.25, -0.2) is 9.97 Å². The number of hydrogen-bond acceptors (Lipinski definition) is 5. The molecule has 2 aromatic heterocycles. The molecule has 102 valence electrons. The highest BCUT2D eigenvalue weighted by Crippen LogP contribution is 2.34. The minimum atomic E-state index is -0.641. The number of aliphatic hydroxyl groups excluding tert-OH is 1. The van der Waals surface area contributed by atoms with Gasteiger partial charge in [-0.1, -0.05) is 22.9 Å². The average Bonchev–Trinajstić information content (AvgIpc) is 2.81. The summed E-state index contributed by atoms with van der Waals surface area (Å²) in [5.74, 6) is -1.09. The van der Waals surface area contributed by atoms with Crippen LogP contribution in [0.4, 0.5) is 4.39 Å². The molecule has 1 N–H and O–H groups in total. The molecule has 0 unspecified atom stereocenters. The molecule has 20 heavy (non-hydrogen) atoms. The van der Waals surface area contributed by atoms with Gasteiger partial charge in [0.05, 0.1) is 10.6 Å². The van der Waals surface area contributed by atoms with Crippen LogP contribution in [0.1, 0.15) is 27.3 Å². The lowest BCUT2D eigenvalue weighted by atomic mass is 9.93. The number of Topliss-reactive ketones (excluding diaryl/α,β-unsaturated/α-hetero) is 1. The largest absolute Gasteiger partial charge is 0.507 e. The second-order valence-corrected chi connectivity index (χ2v) is 5.85. The first-order valence-electron chi connectivity index (χ1n) is 5.80. The van der Waals surface area contributed by atoms with E-state index in [9.17, 15) is 14.3 Å². The summed E-state index contributed by atoms with van der Waals surface area (Å²) in [6.45, 7) is 0. The number of rotatable bonds is 1. The number of halogens is 2. The highest BCUT2D eigenvalue weighted by Gasteiger charge is 2.29. The van der Waals surface area contributed by atoms with Gasteiger partial charge in [0.25, 0.3) is 0 Å². The van der Waals surface area contributed by atoms with Crippen LogP contribution in [0.25, 0.3) is 5.76 Å². The number of carbonyl (C=O) groups excluding carboxylic acids is 1. The molecule has 1 aliphatic rings. The first-order chi connectivity index (χ1) is 9.56. The number of thiazole rings is 1. The van der Waals surface area contributed by atoms with Crippen LogP contribution in [0, 0.1) is 5.95 Å². The summed E-state index contributed by atoms with van der Waals surface area (Å²) < 4.78 is 13.1. The Bertz CT molecular complexity index is 724. The van der Waals surface area contributed by atoms with E-state index in [1.807, 2.05) is 0 Å². The zero-order valence-corrected chi connectivity index (χ0v) is 11.6. The van der Waals surface area contributed by atoms with Gasteiger partial charge in [0, 0.05) is 17.3 Å². The van der Waals surface area contributed by atoms with Crippen molar-refractivity contribution in [3.8, 4) is 0 Å². The van der Waals surface area contributed by atoms with Crippen LogP contribution in [-0.2, 0) is 6.42 Å². The van der Waals surface area contributed by atoms with Gasteiger partial charge in [0.15, 0.2) is 4.47 Å². The molecule has 1 aliphatic carbocycles. The predicted octanol–water partition coefficient (Wildman–Crippen LogP) is 3.43. The first-order valence-corrected chi connectivity index (χ1v) is 6.99. The third-order valence-electron chi connectivity index (χ3n) is 3.05. The van der Waals surface area contributed by atoms with Crippen molar-refractivity contribution in [3.63, 3.8) is 0 Å². The summed E-state index contributed by atoms with van der Waals surface area (Å²) in [6, 6.07) is 2.52. The van der Waals surface area contributed by atoms with Gasteiger partial charge in [-0.15, -0.1) is 0 Å². The molecule has 7 heteroatoms. The van der Waals surface area contributed by atoms with Gasteiger partial charge in [-0.05, 0) is 25.0 Å². The number of nitrogens with zero attached hydrogens (tertiary/aromatic N) is 2. The van der Waals surface area contributed by atoms with Crippen molar-refractivity contribution in [1.82, 2.24) is 9.97 Å². The molecule has 0 fully saturated rings. The quantitative estimate of drug-likeness (QED) is 0.498. The van der Waals surface area contributed by atoms with E-state index in [2.05, 4.69) is 9.97 Å². The number of aromatic nitrogens is 2. The normalized spacial score (nSPS) is 17.0. The zero-order valence-electron chi connectivity index (χ0n) is 10.1. The van der Waals surface area contributed by atoms with E-state index in [0.717, 1.165) is 17.4 Å². The zero-order chi connectivity index (χ0) is 14.3. The highest BCUT2D eigenvalue weighted by molar-refractivity contribution is 7.17. The number of allylic oxidation sites excluding steroid dienone is 1. The van der Waals surface area contributed by atoms with E-state index in [-0.39, 0.29) is 17.1 Å². The molecular weight excluding hydrogens is 303 g/mol. The number of aryl methyl sites for hydroxylation is 1. The summed E-state index contributed by atoms with van der Waals surface area (Å²) in [6.07, 6.45) is 2.10. The van der Waals surface area contributed by atoms with Crippen LogP contribution in [0.5, 0.6) is 0 Å². The molecule has 0 saturated carbocycles. The molecule has 0 amide bonds. The third-order valence-corrected chi connectivity index (χ3v) is 4.25. The van der Waals surface area contributed by atoms with Crippen molar-refractivity contribution in [3.05, 3.63) is 50.5 Å². The molecular formula is C13H8ClFN2O2S. The van der Waals surface area contributed by atoms with Gasteiger partial charge in [0.1, 0.15) is 5.76 Å².